The zero-order chi connectivity index (χ0) is 22.1. The van der Waals surface area contributed by atoms with Gasteiger partial charge in [-0.05, 0) is 18.6 Å². The summed E-state index contributed by atoms with van der Waals surface area (Å²) in [7, 11) is 1.91. The molecule has 162 valence electrons. The molecule has 1 aliphatic rings. The van der Waals surface area contributed by atoms with E-state index in [9.17, 15) is 0 Å². The fraction of sp³-hybridized carbons (Fsp3) is 0.250. The summed E-state index contributed by atoms with van der Waals surface area (Å²) in [5.41, 5.74) is 11.5. The lowest BCUT2D eigenvalue weighted by Crippen LogP contribution is -2.24. The molecule has 4 heterocycles. The van der Waals surface area contributed by atoms with Crippen molar-refractivity contribution in [1.82, 2.24) is 24.7 Å². The smallest absolute Gasteiger partial charge is 0.222 e. The molecule has 5 rings (SSSR count). The van der Waals surface area contributed by atoms with Crippen LogP contribution in [0.4, 0.5) is 17.6 Å². The summed E-state index contributed by atoms with van der Waals surface area (Å²) in [6, 6.07) is 14.6. The third-order valence-electron chi connectivity index (χ3n) is 5.83. The second kappa shape index (κ2) is 8.30. The number of rotatable bonds is 6. The predicted octanol–water partition coefficient (Wildman–Crippen LogP) is 3.44. The van der Waals surface area contributed by atoms with Crippen molar-refractivity contribution in [2.75, 3.05) is 29.0 Å². The summed E-state index contributed by atoms with van der Waals surface area (Å²) in [6.45, 7) is 4.42. The number of nitrogens with zero attached hydrogens (tertiary/aromatic N) is 6. The van der Waals surface area contributed by atoms with E-state index in [0.29, 0.717) is 0 Å². The Balaban J connectivity index is 1.48. The van der Waals surface area contributed by atoms with Crippen LogP contribution in [0.1, 0.15) is 29.7 Å². The van der Waals surface area contributed by atoms with E-state index in [4.69, 9.17) is 5.73 Å². The van der Waals surface area contributed by atoms with E-state index in [1.54, 1.807) is 4.68 Å². The first kappa shape index (κ1) is 20.0. The van der Waals surface area contributed by atoms with Crippen LogP contribution in [-0.2, 0) is 13.6 Å². The van der Waals surface area contributed by atoms with E-state index < -0.39 is 0 Å². The normalized spacial score (nSPS) is 14.8. The van der Waals surface area contributed by atoms with Crippen molar-refractivity contribution in [3.63, 3.8) is 0 Å². The number of nitrogens with one attached hydrogen (secondary N) is 1. The predicted molar refractivity (Wildman–Crippen MR) is 126 cm³/mol. The molecule has 0 saturated heterocycles. The van der Waals surface area contributed by atoms with Crippen LogP contribution in [0.3, 0.4) is 0 Å². The Morgan fingerprint density at radius 3 is 2.72 bits per heavy atom. The first-order valence-corrected chi connectivity index (χ1v) is 10.8. The van der Waals surface area contributed by atoms with E-state index in [1.165, 1.54) is 5.56 Å². The molecule has 1 atom stereocenters. The maximum Gasteiger partial charge on any atom is 0.222 e. The van der Waals surface area contributed by atoms with Gasteiger partial charge in [0, 0.05) is 67.8 Å². The van der Waals surface area contributed by atoms with Crippen LogP contribution in [0.15, 0.2) is 61.1 Å². The van der Waals surface area contributed by atoms with Crippen molar-refractivity contribution >= 4 is 17.6 Å². The standard InChI is InChI=1S/C24H26N8/c1-3-32(14-16-7-5-4-6-8-16)22-10-21(29-24(25)30-22)20-13-27-23-19(20)9-17(11-26-23)18-12-28-31(2)15-18/h4-12,15,20H,3,13-14H2,1-2H3,(H,26,27)(H2,25,29,30). The Morgan fingerprint density at radius 1 is 1.12 bits per heavy atom. The molecule has 1 unspecified atom stereocenters. The number of aromatic nitrogens is 5. The SMILES string of the molecule is CCN(Cc1ccccc1)c1cc(C2CNc3ncc(-c4cnn(C)c4)cc32)nc(N)n1. The minimum atomic E-state index is 0.0496. The molecule has 0 amide bonds. The van der Waals surface area contributed by atoms with Crippen molar-refractivity contribution in [1.29, 1.82) is 0 Å². The van der Waals surface area contributed by atoms with E-state index in [2.05, 4.69) is 73.6 Å². The van der Waals surface area contributed by atoms with Crippen LogP contribution in [-0.4, -0.2) is 37.8 Å². The van der Waals surface area contributed by atoms with Gasteiger partial charge in [-0.25, -0.2) is 9.97 Å². The van der Waals surface area contributed by atoms with Gasteiger partial charge in [0.25, 0.3) is 0 Å². The number of nitrogens with two attached hydrogens (primary N) is 1. The zero-order valence-electron chi connectivity index (χ0n) is 18.2. The third-order valence-corrected chi connectivity index (χ3v) is 5.83. The lowest BCUT2D eigenvalue weighted by atomic mass is 9.96. The van der Waals surface area contributed by atoms with E-state index >= 15 is 0 Å². The minimum Gasteiger partial charge on any atom is -0.369 e. The average Bonchev–Trinajstić information content (AvgIpc) is 3.43. The Kier molecular flexibility index (Phi) is 5.18. The highest BCUT2D eigenvalue weighted by atomic mass is 15.2. The number of benzene rings is 1. The molecule has 0 saturated carbocycles. The Hall–Kier alpha value is -3.94. The van der Waals surface area contributed by atoms with Crippen molar-refractivity contribution in [2.24, 2.45) is 7.05 Å². The van der Waals surface area contributed by atoms with Gasteiger partial charge in [0.1, 0.15) is 11.6 Å². The maximum atomic E-state index is 6.16. The second-order valence-electron chi connectivity index (χ2n) is 8.01. The molecule has 3 N–H and O–H groups in total. The molecular weight excluding hydrogens is 400 g/mol. The number of pyridine rings is 1. The molecule has 3 aromatic heterocycles. The van der Waals surface area contributed by atoms with Gasteiger partial charge < -0.3 is 16.0 Å². The van der Waals surface area contributed by atoms with Gasteiger partial charge in [-0.1, -0.05) is 30.3 Å². The molecule has 1 aromatic carbocycles. The van der Waals surface area contributed by atoms with Crippen LogP contribution < -0.4 is 16.0 Å². The van der Waals surface area contributed by atoms with Gasteiger partial charge in [-0.2, -0.15) is 10.1 Å². The molecule has 8 nitrogen and oxygen atoms in total. The average molecular weight is 427 g/mol. The third kappa shape index (κ3) is 3.87. The quantitative estimate of drug-likeness (QED) is 0.487. The summed E-state index contributed by atoms with van der Waals surface area (Å²) in [5.74, 6) is 2.06. The number of aryl methyl sites for hydroxylation is 1. The molecule has 0 radical (unpaired) electrons. The monoisotopic (exact) mass is 426 g/mol. The highest BCUT2D eigenvalue weighted by Gasteiger charge is 2.28. The summed E-state index contributed by atoms with van der Waals surface area (Å²) in [6.07, 6.45) is 5.72. The first-order valence-electron chi connectivity index (χ1n) is 10.8. The van der Waals surface area contributed by atoms with E-state index in [0.717, 1.165) is 53.7 Å². The fourth-order valence-electron chi connectivity index (χ4n) is 4.17. The highest BCUT2D eigenvalue weighted by Crippen LogP contribution is 2.37. The summed E-state index contributed by atoms with van der Waals surface area (Å²) in [5, 5.41) is 7.69. The van der Waals surface area contributed by atoms with Crippen molar-refractivity contribution in [3.05, 3.63) is 77.9 Å². The summed E-state index contributed by atoms with van der Waals surface area (Å²) in [4.78, 5) is 16.0. The van der Waals surface area contributed by atoms with Crippen LogP contribution in [0.5, 0.6) is 0 Å². The van der Waals surface area contributed by atoms with Gasteiger partial charge in [-0.3, -0.25) is 4.68 Å². The van der Waals surface area contributed by atoms with Gasteiger partial charge in [0.05, 0.1) is 11.9 Å². The molecule has 4 aromatic rings. The molecular formula is C24H26N8. The van der Waals surface area contributed by atoms with Crippen LogP contribution in [0.25, 0.3) is 11.1 Å². The molecule has 0 spiro atoms. The highest BCUT2D eigenvalue weighted by molar-refractivity contribution is 5.67. The van der Waals surface area contributed by atoms with Crippen molar-refractivity contribution < 1.29 is 0 Å². The summed E-state index contributed by atoms with van der Waals surface area (Å²) >= 11 is 0. The Bertz CT molecular complexity index is 1230. The number of fused-ring (bicyclic) bond motifs is 1. The van der Waals surface area contributed by atoms with Gasteiger partial charge >= 0.3 is 0 Å². The molecule has 0 bridgehead atoms. The number of nitrogen functional groups attached to an aromatic ring is 1. The number of hydrogen-bond donors (Lipinski definition) is 2. The lowest BCUT2D eigenvalue weighted by Gasteiger charge is -2.23. The van der Waals surface area contributed by atoms with Crippen LogP contribution in [0, 0.1) is 0 Å². The zero-order valence-corrected chi connectivity index (χ0v) is 18.2. The van der Waals surface area contributed by atoms with Crippen molar-refractivity contribution in [3.8, 4) is 11.1 Å². The molecule has 0 aliphatic carbocycles. The molecule has 32 heavy (non-hydrogen) atoms. The fourth-order valence-corrected chi connectivity index (χ4v) is 4.17. The van der Waals surface area contributed by atoms with Gasteiger partial charge in [-0.15, -0.1) is 0 Å². The lowest BCUT2D eigenvalue weighted by molar-refractivity contribution is 0.768. The van der Waals surface area contributed by atoms with Crippen LogP contribution >= 0.6 is 0 Å². The Morgan fingerprint density at radius 2 is 1.97 bits per heavy atom. The minimum absolute atomic E-state index is 0.0496. The topological polar surface area (TPSA) is 97.8 Å². The maximum absolute atomic E-state index is 6.16. The van der Waals surface area contributed by atoms with Crippen molar-refractivity contribution in [2.45, 2.75) is 19.4 Å². The summed E-state index contributed by atoms with van der Waals surface area (Å²) < 4.78 is 1.79. The number of hydrogen-bond acceptors (Lipinski definition) is 7. The molecule has 8 heteroatoms. The Labute approximate surface area is 187 Å². The second-order valence-corrected chi connectivity index (χ2v) is 8.01. The van der Waals surface area contributed by atoms with E-state index in [-0.39, 0.29) is 11.9 Å². The van der Waals surface area contributed by atoms with Crippen LogP contribution in [0.2, 0.25) is 0 Å². The molecule has 0 fully saturated rings. The van der Waals surface area contributed by atoms with Gasteiger partial charge in [0.15, 0.2) is 0 Å². The van der Waals surface area contributed by atoms with Gasteiger partial charge in [0.2, 0.25) is 5.95 Å². The van der Waals surface area contributed by atoms with E-state index in [1.807, 2.05) is 31.7 Å². The first-order chi connectivity index (χ1) is 15.6. The number of anilines is 3. The molecule has 1 aliphatic heterocycles. The largest absolute Gasteiger partial charge is 0.369 e.